The number of fused-ring (bicyclic) bond motifs is 1. The van der Waals surface area contributed by atoms with Crippen LogP contribution in [0.25, 0.3) is 5.70 Å². The number of hydrogen-bond donors (Lipinski definition) is 1. The second-order valence-electron chi connectivity index (χ2n) is 7.58. The number of amides is 2. The molecule has 2 amide bonds. The largest absolute Gasteiger partial charge is 0.443 e. The molecule has 1 N–H and O–H groups in total. The van der Waals surface area contributed by atoms with Crippen molar-refractivity contribution in [2.24, 2.45) is 5.92 Å². The number of nitrogens with zero attached hydrogens (tertiary/aromatic N) is 1. The van der Waals surface area contributed by atoms with Crippen LogP contribution in [0.15, 0.2) is 24.3 Å². The van der Waals surface area contributed by atoms with E-state index in [2.05, 4.69) is 18.3 Å². The average Bonchev–Trinajstić information content (AvgIpc) is 2.85. The number of nitrogens with one attached hydrogen (secondary N) is 1. The molecule has 2 aliphatic heterocycles. The lowest BCUT2D eigenvalue weighted by atomic mass is 9.95. The average molecular weight is 328 g/mol. The molecule has 0 bridgehead atoms. The Morgan fingerprint density at radius 1 is 1.33 bits per heavy atom. The molecule has 128 valence electrons. The molecule has 0 saturated heterocycles. The van der Waals surface area contributed by atoms with Crippen LogP contribution in [0.3, 0.4) is 0 Å². The fourth-order valence-corrected chi connectivity index (χ4v) is 3.14. The van der Waals surface area contributed by atoms with Crippen molar-refractivity contribution in [2.75, 3.05) is 11.9 Å². The Morgan fingerprint density at radius 3 is 2.79 bits per heavy atom. The van der Waals surface area contributed by atoms with Gasteiger partial charge in [0.2, 0.25) is 5.91 Å². The van der Waals surface area contributed by atoms with Crippen molar-refractivity contribution in [1.29, 1.82) is 0 Å². The number of carbonyl (C=O) groups excluding carboxylic acids is 2. The van der Waals surface area contributed by atoms with Gasteiger partial charge >= 0.3 is 6.09 Å². The quantitative estimate of drug-likeness (QED) is 0.853. The SMILES string of the molecule is CC1CC=C(c2cccc3c2CC(=O)N3)N(C(=O)OC(C)(C)C)C1. The van der Waals surface area contributed by atoms with Gasteiger partial charge < -0.3 is 10.1 Å². The van der Waals surface area contributed by atoms with Gasteiger partial charge in [0, 0.05) is 17.8 Å². The molecule has 2 heterocycles. The molecular formula is C19H24N2O3. The first-order valence-corrected chi connectivity index (χ1v) is 8.37. The van der Waals surface area contributed by atoms with Crippen LogP contribution in [0.1, 0.15) is 45.2 Å². The van der Waals surface area contributed by atoms with Gasteiger partial charge in [-0.15, -0.1) is 0 Å². The zero-order valence-corrected chi connectivity index (χ0v) is 14.7. The third kappa shape index (κ3) is 3.30. The van der Waals surface area contributed by atoms with Crippen molar-refractivity contribution in [2.45, 2.75) is 46.1 Å². The van der Waals surface area contributed by atoms with Gasteiger partial charge in [-0.2, -0.15) is 0 Å². The summed E-state index contributed by atoms with van der Waals surface area (Å²) >= 11 is 0. The third-order valence-corrected chi connectivity index (χ3v) is 4.18. The lowest BCUT2D eigenvalue weighted by molar-refractivity contribution is -0.115. The molecule has 0 radical (unpaired) electrons. The van der Waals surface area contributed by atoms with Crippen LogP contribution >= 0.6 is 0 Å². The molecule has 0 spiro atoms. The highest BCUT2D eigenvalue weighted by molar-refractivity contribution is 6.01. The Hall–Kier alpha value is -2.30. The first kappa shape index (κ1) is 16.6. The van der Waals surface area contributed by atoms with Crippen molar-refractivity contribution in [3.8, 4) is 0 Å². The predicted octanol–water partition coefficient (Wildman–Crippen LogP) is 3.80. The number of hydrogen-bond acceptors (Lipinski definition) is 3. The van der Waals surface area contributed by atoms with E-state index >= 15 is 0 Å². The minimum atomic E-state index is -0.543. The second-order valence-corrected chi connectivity index (χ2v) is 7.58. The molecule has 0 aromatic heterocycles. The highest BCUT2D eigenvalue weighted by atomic mass is 16.6. The summed E-state index contributed by atoms with van der Waals surface area (Å²) in [4.78, 5) is 26.1. The lowest BCUT2D eigenvalue weighted by Crippen LogP contribution is -2.40. The standard InChI is InChI=1S/C19H24N2O3/c1-12-8-9-16(21(11-12)18(23)24-19(2,3)4)13-6-5-7-15-14(13)10-17(22)20-15/h5-7,9,12H,8,10-11H2,1-4H3,(H,20,22). The fourth-order valence-electron chi connectivity index (χ4n) is 3.14. The van der Waals surface area contributed by atoms with E-state index in [0.717, 1.165) is 28.9 Å². The van der Waals surface area contributed by atoms with Gasteiger partial charge in [-0.3, -0.25) is 9.69 Å². The highest BCUT2D eigenvalue weighted by Crippen LogP contribution is 2.35. The monoisotopic (exact) mass is 328 g/mol. The summed E-state index contributed by atoms with van der Waals surface area (Å²) in [7, 11) is 0. The van der Waals surface area contributed by atoms with Gasteiger partial charge in [-0.1, -0.05) is 25.1 Å². The predicted molar refractivity (Wildman–Crippen MR) is 93.5 cm³/mol. The molecule has 1 aromatic rings. The normalized spacial score (nSPS) is 20.3. The molecule has 0 aliphatic carbocycles. The van der Waals surface area contributed by atoms with Gasteiger partial charge in [0.05, 0.1) is 12.1 Å². The highest BCUT2D eigenvalue weighted by Gasteiger charge is 2.32. The fraction of sp³-hybridized carbons (Fsp3) is 0.474. The van der Waals surface area contributed by atoms with Crippen LogP contribution in [-0.4, -0.2) is 29.0 Å². The summed E-state index contributed by atoms with van der Waals surface area (Å²) in [6.45, 7) is 8.33. The number of allylic oxidation sites excluding steroid dienone is 1. The maximum Gasteiger partial charge on any atom is 0.414 e. The Kier molecular flexibility index (Phi) is 4.11. The smallest absolute Gasteiger partial charge is 0.414 e. The molecule has 1 atom stereocenters. The third-order valence-electron chi connectivity index (χ3n) is 4.18. The van der Waals surface area contributed by atoms with Crippen LogP contribution in [0.2, 0.25) is 0 Å². The van der Waals surface area contributed by atoms with E-state index in [1.165, 1.54) is 0 Å². The van der Waals surface area contributed by atoms with E-state index < -0.39 is 5.60 Å². The molecule has 2 aliphatic rings. The van der Waals surface area contributed by atoms with Crippen molar-refractivity contribution in [3.63, 3.8) is 0 Å². The lowest BCUT2D eigenvalue weighted by Gasteiger charge is -2.34. The van der Waals surface area contributed by atoms with Gasteiger partial charge in [0.25, 0.3) is 0 Å². The number of anilines is 1. The van der Waals surface area contributed by atoms with Crippen molar-refractivity contribution >= 4 is 23.4 Å². The minimum Gasteiger partial charge on any atom is -0.443 e. The van der Waals surface area contributed by atoms with E-state index in [0.29, 0.717) is 18.9 Å². The first-order valence-electron chi connectivity index (χ1n) is 8.37. The zero-order chi connectivity index (χ0) is 17.5. The topological polar surface area (TPSA) is 58.6 Å². The molecule has 0 fully saturated rings. The molecule has 3 rings (SSSR count). The van der Waals surface area contributed by atoms with E-state index in [-0.39, 0.29) is 12.0 Å². The molecule has 24 heavy (non-hydrogen) atoms. The minimum absolute atomic E-state index is 0.00829. The van der Waals surface area contributed by atoms with Crippen LogP contribution in [-0.2, 0) is 16.0 Å². The second kappa shape index (κ2) is 5.96. The summed E-state index contributed by atoms with van der Waals surface area (Å²) in [6, 6.07) is 5.78. The van der Waals surface area contributed by atoms with Crippen LogP contribution in [0.5, 0.6) is 0 Å². The Labute approximate surface area is 142 Å². The Morgan fingerprint density at radius 2 is 2.08 bits per heavy atom. The van der Waals surface area contributed by atoms with Crippen molar-refractivity contribution < 1.29 is 14.3 Å². The van der Waals surface area contributed by atoms with Gasteiger partial charge in [-0.05, 0) is 44.7 Å². The Balaban J connectivity index is 1.98. The summed E-state index contributed by atoms with van der Waals surface area (Å²) in [5.74, 6) is 0.365. The van der Waals surface area contributed by atoms with Gasteiger partial charge in [0.15, 0.2) is 0 Å². The number of rotatable bonds is 1. The summed E-state index contributed by atoms with van der Waals surface area (Å²) in [6.07, 6.45) is 2.99. The number of ether oxygens (including phenoxy) is 1. The van der Waals surface area contributed by atoms with Gasteiger partial charge in [0.1, 0.15) is 5.60 Å². The molecule has 5 nitrogen and oxygen atoms in total. The van der Waals surface area contributed by atoms with Crippen LogP contribution in [0.4, 0.5) is 10.5 Å². The number of benzene rings is 1. The maximum absolute atomic E-state index is 12.7. The molecule has 0 saturated carbocycles. The zero-order valence-electron chi connectivity index (χ0n) is 14.7. The molecule has 1 unspecified atom stereocenters. The Bertz CT molecular complexity index is 716. The maximum atomic E-state index is 12.7. The van der Waals surface area contributed by atoms with E-state index in [1.807, 2.05) is 39.0 Å². The van der Waals surface area contributed by atoms with Crippen LogP contribution < -0.4 is 5.32 Å². The van der Waals surface area contributed by atoms with E-state index in [4.69, 9.17) is 4.74 Å². The number of carbonyl (C=O) groups is 2. The van der Waals surface area contributed by atoms with Gasteiger partial charge in [-0.25, -0.2) is 4.79 Å². The molecule has 5 heteroatoms. The van der Waals surface area contributed by atoms with Crippen molar-refractivity contribution in [3.05, 3.63) is 35.4 Å². The van der Waals surface area contributed by atoms with Crippen molar-refractivity contribution in [1.82, 2.24) is 4.90 Å². The van der Waals surface area contributed by atoms with E-state index in [1.54, 1.807) is 4.90 Å². The van der Waals surface area contributed by atoms with E-state index in [9.17, 15) is 9.59 Å². The molecular weight excluding hydrogens is 304 g/mol. The molecule has 1 aromatic carbocycles. The first-order chi connectivity index (χ1) is 11.2. The summed E-state index contributed by atoms with van der Waals surface area (Å²) in [5, 5.41) is 2.87. The summed E-state index contributed by atoms with van der Waals surface area (Å²) < 4.78 is 5.58. The van der Waals surface area contributed by atoms with Crippen LogP contribution in [0, 0.1) is 5.92 Å². The summed E-state index contributed by atoms with van der Waals surface area (Å²) in [5.41, 5.74) is 3.02.